The van der Waals surface area contributed by atoms with E-state index in [2.05, 4.69) is 10.3 Å². The summed E-state index contributed by atoms with van der Waals surface area (Å²) in [7, 11) is 0. The predicted molar refractivity (Wildman–Crippen MR) is 53.2 cm³/mol. The molecule has 1 aliphatic heterocycles. The second-order valence-electron chi connectivity index (χ2n) is 2.68. The van der Waals surface area contributed by atoms with Gasteiger partial charge in [0.25, 0.3) is 0 Å². The fourth-order valence-electron chi connectivity index (χ4n) is 1.04. The van der Waals surface area contributed by atoms with Gasteiger partial charge in [0, 0.05) is 11.6 Å². The summed E-state index contributed by atoms with van der Waals surface area (Å²) in [6.45, 7) is 2.50. The molecule has 0 unspecified atom stereocenters. The van der Waals surface area contributed by atoms with Gasteiger partial charge in [-0.1, -0.05) is 6.42 Å². The number of aromatic nitrogens is 1. The lowest BCUT2D eigenvalue weighted by molar-refractivity contribution is 0.520. The van der Waals surface area contributed by atoms with Gasteiger partial charge in [-0.15, -0.1) is 11.3 Å². The summed E-state index contributed by atoms with van der Waals surface area (Å²) in [5.74, 6) is 0. The maximum absolute atomic E-state index is 5.19. The van der Waals surface area contributed by atoms with E-state index in [1.807, 2.05) is 5.38 Å². The Morgan fingerprint density at radius 2 is 2.08 bits per heavy atom. The first-order valence-corrected chi connectivity index (χ1v) is 5.13. The number of rotatable bonds is 0. The van der Waals surface area contributed by atoms with Gasteiger partial charge in [0.1, 0.15) is 0 Å². The lowest BCUT2D eigenvalue weighted by Gasteiger charge is -2.08. The molecular weight excluding hydrogens is 170 g/mol. The van der Waals surface area contributed by atoms with Crippen LogP contribution >= 0.6 is 11.3 Å². The van der Waals surface area contributed by atoms with Crippen molar-refractivity contribution in [3.05, 3.63) is 11.6 Å². The highest BCUT2D eigenvalue weighted by Gasteiger charge is 1.93. The van der Waals surface area contributed by atoms with Crippen molar-refractivity contribution in [3.63, 3.8) is 0 Å². The molecule has 68 valence electrons. The summed E-state index contributed by atoms with van der Waals surface area (Å²) in [4.78, 5) is 3.71. The molecule has 3 N–H and O–H groups in total. The molecule has 1 aliphatic rings. The minimum Gasteiger partial charge on any atom is -0.375 e. The summed E-state index contributed by atoms with van der Waals surface area (Å²) >= 11 is 1.44. The van der Waals surface area contributed by atoms with Crippen LogP contribution in [0, 0.1) is 0 Å². The molecule has 0 spiro atoms. The van der Waals surface area contributed by atoms with Crippen LogP contribution in [0.4, 0.5) is 5.13 Å². The Morgan fingerprint density at radius 1 is 1.33 bits per heavy atom. The largest absolute Gasteiger partial charge is 0.375 e. The molecule has 0 bridgehead atoms. The first kappa shape index (κ1) is 9.48. The van der Waals surface area contributed by atoms with E-state index in [0.29, 0.717) is 5.13 Å². The Balaban J connectivity index is 0.000000120. The van der Waals surface area contributed by atoms with Gasteiger partial charge in [0.2, 0.25) is 0 Å². The zero-order valence-electron chi connectivity index (χ0n) is 7.12. The average Bonchev–Trinajstić information content (AvgIpc) is 2.60. The zero-order valence-corrected chi connectivity index (χ0v) is 7.94. The average molecular weight is 185 g/mol. The van der Waals surface area contributed by atoms with Gasteiger partial charge >= 0.3 is 0 Å². The molecule has 1 saturated heterocycles. The monoisotopic (exact) mass is 185 g/mol. The molecule has 1 aromatic rings. The van der Waals surface area contributed by atoms with Crippen LogP contribution in [0.15, 0.2) is 11.6 Å². The van der Waals surface area contributed by atoms with Gasteiger partial charge in [0.15, 0.2) is 5.13 Å². The number of nitrogens with zero attached hydrogens (tertiary/aromatic N) is 1. The molecule has 2 heterocycles. The number of anilines is 1. The van der Waals surface area contributed by atoms with E-state index in [9.17, 15) is 0 Å². The number of nitrogens with two attached hydrogens (primary N) is 1. The van der Waals surface area contributed by atoms with Crippen molar-refractivity contribution in [2.45, 2.75) is 19.3 Å². The van der Waals surface area contributed by atoms with E-state index in [-0.39, 0.29) is 0 Å². The molecule has 0 radical (unpaired) electrons. The lowest BCUT2D eigenvalue weighted by Crippen LogP contribution is -2.21. The summed E-state index contributed by atoms with van der Waals surface area (Å²) in [6.07, 6.45) is 5.90. The molecule has 3 nitrogen and oxygen atoms in total. The van der Waals surface area contributed by atoms with Gasteiger partial charge in [-0.05, 0) is 25.9 Å². The van der Waals surface area contributed by atoms with E-state index >= 15 is 0 Å². The normalized spacial score (nSPS) is 16.3. The van der Waals surface area contributed by atoms with Crippen LogP contribution in [0.3, 0.4) is 0 Å². The summed E-state index contributed by atoms with van der Waals surface area (Å²) < 4.78 is 0. The van der Waals surface area contributed by atoms with Crippen LogP contribution in [0.25, 0.3) is 0 Å². The highest BCUT2D eigenvalue weighted by molar-refractivity contribution is 7.13. The van der Waals surface area contributed by atoms with Crippen molar-refractivity contribution < 1.29 is 0 Å². The van der Waals surface area contributed by atoms with Crippen LogP contribution in [0.1, 0.15) is 19.3 Å². The number of piperidine rings is 1. The number of thiazole rings is 1. The van der Waals surface area contributed by atoms with E-state index in [0.717, 1.165) is 0 Å². The number of nitrogens with one attached hydrogen (secondary N) is 1. The maximum atomic E-state index is 5.19. The second-order valence-corrected chi connectivity index (χ2v) is 3.61. The van der Waals surface area contributed by atoms with Crippen LogP contribution in [0.5, 0.6) is 0 Å². The van der Waals surface area contributed by atoms with Gasteiger partial charge < -0.3 is 11.1 Å². The highest BCUT2D eigenvalue weighted by Crippen LogP contribution is 2.02. The molecule has 0 atom stereocenters. The standard InChI is InChI=1S/C5H11N.C3H4N2S/c1-2-4-6-5-3-1;4-3-5-1-2-6-3/h6H,1-5H2;1-2H,(H2,4,5). The molecule has 1 fully saturated rings. The van der Waals surface area contributed by atoms with Gasteiger partial charge in [-0.25, -0.2) is 4.98 Å². The van der Waals surface area contributed by atoms with Gasteiger partial charge in [-0.3, -0.25) is 0 Å². The molecule has 1 aromatic heterocycles. The van der Waals surface area contributed by atoms with Crippen LogP contribution < -0.4 is 11.1 Å². The third kappa shape index (κ3) is 4.31. The number of hydrogen-bond acceptors (Lipinski definition) is 4. The maximum Gasteiger partial charge on any atom is 0.179 e. The molecule has 12 heavy (non-hydrogen) atoms. The zero-order chi connectivity index (χ0) is 8.65. The fourth-order valence-corrected chi connectivity index (χ4v) is 1.42. The van der Waals surface area contributed by atoms with E-state index in [4.69, 9.17) is 5.73 Å². The summed E-state index contributed by atoms with van der Waals surface area (Å²) in [6, 6.07) is 0. The smallest absolute Gasteiger partial charge is 0.179 e. The van der Waals surface area contributed by atoms with E-state index < -0.39 is 0 Å². The Labute approximate surface area is 77.0 Å². The fraction of sp³-hybridized carbons (Fsp3) is 0.625. The second kappa shape index (κ2) is 5.97. The predicted octanol–water partition coefficient (Wildman–Crippen LogP) is 1.49. The third-order valence-electron chi connectivity index (χ3n) is 1.66. The first-order valence-electron chi connectivity index (χ1n) is 4.25. The summed E-state index contributed by atoms with van der Waals surface area (Å²) in [5, 5.41) is 5.76. The minimum atomic E-state index is 0.634. The van der Waals surface area contributed by atoms with Crippen molar-refractivity contribution >= 4 is 16.5 Å². The third-order valence-corrected chi connectivity index (χ3v) is 2.26. The van der Waals surface area contributed by atoms with Crippen molar-refractivity contribution in [1.82, 2.24) is 10.3 Å². The Morgan fingerprint density at radius 3 is 2.25 bits per heavy atom. The van der Waals surface area contributed by atoms with Crippen LogP contribution in [-0.4, -0.2) is 18.1 Å². The highest BCUT2D eigenvalue weighted by atomic mass is 32.1. The van der Waals surface area contributed by atoms with Crippen molar-refractivity contribution in [2.24, 2.45) is 0 Å². The SMILES string of the molecule is C1CCNCC1.Nc1nccs1. The van der Waals surface area contributed by atoms with Crippen molar-refractivity contribution in [3.8, 4) is 0 Å². The van der Waals surface area contributed by atoms with Crippen LogP contribution in [0.2, 0.25) is 0 Å². The topological polar surface area (TPSA) is 50.9 Å². The number of hydrogen-bond donors (Lipinski definition) is 2. The van der Waals surface area contributed by atoms with E-state index in [1.165, 1.54) is 43.7 Å². The van der Waals surface area contributed by atoms with Gasteiger partial charge in [-0.2, -0.15) is 0 Å². The molecule has 0 aromatic carbocycles. The molecule has 4 heteroatoms. The molecule has 2 rings (SSSR count). The van der Waals surface area contributed by atoms with Gasteiger partial charge in [0.05, 0.1) is 0 Å². The van der Waals surface area contributed by atoms with Crippen LogP contribution in [-0.2, 0) is 0 Å². The molecular formula is C8H15N3S. The number of nitrogen functional groups attached to an aromatic ring is 1. The Kier molecular flexibility index (Phi) is 4.71. The van der Waals surface area contributed by atoms with Crippen molar-refractivity contribution in [1.29, 1.82) is 0 Å². The molecule has 0 aliphatic carbocycles. The molecule has 0 saturated carbocycles. The summed E-state index contributed by atoms with van der Waals surface area (Å²) in [5.41, 5.74) is 5.19. The Bertz CT molecular complexity index is 171. The first-order chi connectivity index (χ1) is 5.89. The van der Waals surface area contributed by atoms with Crippen molar-refractivity contribution in [2.75, 3.05) is 18.8 Å². The Hall–Kier alpha value is -0.610. The van der Waals surface area contributed by atoms with E-state index in [1.54, 1.807) is 6.20 Å². The molecule has 0 amide bonds. The minimum absolute atomic E-state index is 0.634. The quantitative estimate of drug-likeness (QED) is 0.644. The lowest BCUT2D eigenvalue weighted by atomic mass is 10.2.